The third-order valence-corrected chi connectivity index (χ3v) is 5.05. The minimum atomic E-state index is -1.12. The van der Waals surface area contributed by atoms with Crippen molar-refractivity contribution in [3.8, 4) is 0 Å². The first kappa shape index (κ1) is 20.5. The average molecular weight is 399 g/mol. The predicted molar refractivity (Wildman–Crippen MR) is 105 cm³/mol. The second-order valence-electron chi connectivity index (χ2n) is 7.17. The number of nitrogens with one attached hydrogen (secondary N) is 2. The van der Waals surface area contributed by atoms with E-state index in [4.69, 9.17) is 5.73 Å². The Balaban J connectivity index is 1.63. The third kappa shape index (κ3) is 5.20. The highest BCUT2D eigenvalue weighted by Gasteiger charge is 2.37. The Labute approximate surface area is 168 Å². The van der Waals surface area contributed by atoms with E-state index >= 15 is 0 Å². The van der Waals surface area contributed by atoms with Gasteiger partial charge < -0.3 is 26.0 Å². The van der Waals surface area contributed by atoms with Crippen LogP contribution in [0.5, 0.6) is 0 Å². The molecule has 3 unspecified atom stereocenters. The van der Waals surface area contributed by atoms with Crippen molar-refractivity contribution in [1.29, 1.82) is 0 Å². The predicted octanol–water partition coefficient (Wildman–Crippen LogP) is 0.0826. The Morgan fingerprint density at radius 1 is 1.28 bits per heavy atom. The van der Waals surface area contributed by atoms with Crippen LogP contribution >= 0.6 is 0 Å². The van der Waals surface area contributed by atoms with Gasteiger partial charge in [0.2, 0.25) is 11.8 Å². The molecule has 0 aliphatic carbocycles. The molecule has 5 N–H and O–H groups in total. The summed E-state index contributed by atoms with van der Waals surface area (Å²) in [5, 5.41) is 12.1. The third-order valence-electron chi connectivity index (χ3n) is 5.05. The zero-order valence-electron chi connectivity index (χ0n) is 16.0. The summed E-state index contributed by atoms with van der Waals surface area (Å²) in [5.41, 5.74) is 7.58. The summed E-state index contributed by atoms with van der Waals surface area (Å²) in [6.45, 7) is 0.421. The first-order valence-corrected chi connectivity index (χ1v) is 9.56. The molecule has 3 atom stereocenters. The Bertz CT molecular complexity index is 840. The molecule has 154 valence electrons. The molecule has 3 rings (SSSR count). The summed E-state index contributed by atoms with van der Waals surface area (Å²) in [7, 11) is 0. The lowest BCUT2D eigenvalue weighted by Gasteiger charge is -2.27. The SMILES string of the molecule is NC(Cc1cnc[nH]1)C(=O)N1CCCC1C(=O)NC(Cc1ccccc1)C(=O)O. The fourth-order valence-electron chi connectivity index (χ4n) is 3.55. The van der Waals surface area contributed by atoms with Crippen LogP contribution in [0.2, 0.25) is 0 Å². The van der Waals surface area contributed by atoms with Gasteiger partial charge >= 0.3 is 5.97 Å². The fourth-order valence-corrected chi connectivity index (χ4v) is 3.55. The first-order chi connectivity index (χ1) is 14.0. The monoisotopic (exact) mass is 399 g/mol. The van der Waals surface area contributed by atoms with Crippen molar-refractivity contribution in [3.05, 3.63) is 54.1 Å². The summed E-state index contributed by atoms with van der Waals surface area (Å²) in [4.78, 5) is 45.4. The van der Waals surface area contributed by atoms with E-state index in [1.807, 2.05) is 30.3 Å². The van der Waals surface area contributed by atoms with Gasteiger partial charge in [0.25, 0.3) is 0 Å². The number of hydrogen-bond donors (Lipinski definition) is 4. The van der Waals surface area contributed by atoms with Crippen LogP contribution in [0.4, 0.5) is 0 Å². The lowest BCUT2D eigenvalue weighted by Crippen LogP contribution is -2.54. The Morgan fingerprint density at radius 2 is 2.03 bits per heavy atom. The van der Waals surface area contributed by atoms with Crippen molar-refractivity contribution in [1.82, 2.24) is 20.2 Å². The van der Waals surface area contributed by atoms with Gasteiger partial charge in [0.05, 0.1) is 12.4 Å². The van der Waals surface area contributed by atoms with Crippen molar-refractivity contribution in [3.63, 3.8) is 0 Å². The van der Waals surface area contributed by atoms with Gasteiger partial charge in [-0.3, -0.25) is 9.59 Å². The molecule has 1 aromatic carbocycles. The number of aromatic nitrogens is 2. The number of rotatable bonds is 8. The van der Waals surface area contributed by atoms with Crippen molar-refractivity contribution in [2.45, 2.75) is 43.8 Å². The van der Waals surface area contributed by atoms with E-state index in [9.17, 15) is 19.5 Å². The summed E-state index contributed by atoms with van der Waals surface area (Å²) in [5.74, 6) is -1.91. The van der Waals surface area contributed by atoms with Crippen molar-refractivity contribution in [2.24, 2.45) is 5.73 Å². The molecule has 1 aliphatic heterocycles. The normalized spacial score (nSPS) is 18.2. The number of benzene rings is 1. The molecule has 1 aliphatic rings. The number of carboxylic acids is 1. The van der Waals surface area contributed by atoms with Crippen molar-refractivity contribution in [2.75, 3.05) is 6.54 Å². The number of nitrogens with two attached hydrogens (primary N) is 1. The maximum atomic E-state index is 12.8. The number of H-pyrrole nitrogens is 1. The Hall–Kier alpha value is -3.20. The number of aromatic amines is 1. The van der Waals surface area contributed by atoms with Crippen LogP contribution in [0.15, 0.2) is 42.9 Å². The van der Waals surface area contributed by atoms with Gasteiger partial charge in [0.15, 0.2) is 0 Å². The number of carbonyl (C=O) groups excluding carboxylic acids is 2. The summed E-state index contributed by atoms with van der Waals surface area (Å²) in [6, 6.07) is 6.50. The number of imidazole rings is 1. The van der Waals surface area contributed by atoms with Gasteiger partial charge in [0, 0.05) is 31.3 Å². The van der Waals surface area contributed by atoms with E-state index in [0.29, 0.717) is 19.4 Å². The smallest absolute Gasteiger partial charge is 0.326 e. The van der Waals surface area contributed by atoms with Crippen LogP contribution in [0.25, 0.3) is 0 Å². The molecule has 29 heavy (non-hydrogen) atoms. The van der Waals surface area contributed by atoms with E-state index in [1.54, 1.807) is 6.20 Å². The number of amides is 2. The van der Waals surface area contributed by atoms with Crippen molar-refractivity contribution < 1.29 is 19.5 Å². The van der Waals surface area contributed by atoms with Gasteiger partial charge in [-0.2, -0.15) is 0 Å². The lowest BCUT2D eigenvalue weighted by molar-refractivity contribution is -0.144. The second-order valence-corrected chi connectivity index (χ2v) is 7.17. The van der Waals surface area contributed by atoms with Crippen molar-refractivity contribution >= 4 is 17.8 Å². The minimum Gasteiger partial charge on any atom is -0.480 e. The topological polar surface area (TPSA) is 141 Å². The molecule has 9 nitrogen and oxygen atoms in total. The standard InChI is InChI=1S/C20H25N5O4/c21-15(10-14-11-22-12-23-14)19(27)25-8-4-7-17(25)18(26)24-16(20(28)29)9-13-5-2-1-3-6-13/h1-3,5-6,11-12,15-17H,4,7-10,21H2,(H,22,23)(H,24,26)(H,28,29). The molecule has 2 heterocycles. The lowest BCUT2D eigenvalue weighted by atomic mass is 10.0. The highest BCUT2D eigenvalue weighted by molar-refractivity contribution is 5.92. The maximum Gasteiger partial charge on any atom is 0.326 e. The van der Waals surface area contributed by atoms with Crippen LogP contribution < -0.4 is 11.1 Å². The number of carbonyl (C=O) groups is 3. The van der Waals surface area contributed by atoms with Gasteiger partial charge in [-0.05, 0) is 18.4 Å². The maximum absolute atomic E-state index is 12.8. The minimum absolute atomic E-state index is 0.169. The van der Waals surface area contributed by atoms with Gasteiger partial charge in [-0.25, -0.2) is 9.78 Å². The molecule has 1 aromatic heterocycles. The van der Waals surface area contributed by atoms with E-state index < -0.39 is 30.0 Å². The Kier molecular flexibility index (Phi) is 6.61. The summed E-state index contributed by atoms with van der Waals surface area (Å²) >= 11 is 0. The number of likely N-dealkylation sites (tertiary alicyclic amines) is 1. The van der Waals surface area contributed by atoms with Crippen LogP contribution in [-0.4, -0.2) is 62.4 Å². The molecular formula is C20H25N5O4. The zero-order chi connectivity index (χ0) is 20.8. The first-order valence-electron chi connectivity index (χ1n) is 9.56. The highest BCUT2D eigenvalue weighted by atomic mass is 16.4. The van der Waals surface area contributed by atoms with E-state index in [1.165, 1.54) is 11.2 Å². The molecule has 1 fully saturated rings. The molecular weight excluding hydrogens is 374 g/mol. The molecule has 2 amide bonds. The zero-order valence-corrected chi connectivity index (χ0v) is 16.0. The number of aliphatic carboxylic acids is 1. The molecule has 0 bridgehead atoms. The second kappa shape index (κ2) is 9.33. The average Bonchev–Trinajstić information content (AvgIpc) is 3.39. The molecule has 1 saturated heterocycles. The fraction of sp³-hybridized carbons (Fsp3) is 0.400. The summed E-state index contributed by atoms with van der Waals surface area (Å²) < 4.78 is 0. The number of nitrogens with zero attached hydrogens (tertiary/aromatic N) is 2. The van der Waals surface area contributed by atoms with Gasteiger partial charge in [-0.15, -0.1) is 0 Å². The van der Waals surface area contributed by atoms with Gasteiger partial charge in [-0.1, -0.05) is 30.3 Å². The summed E-state index contributed by atoms with van der Waals surface area (Å²) in [6.07, 6.45) is 4.71. The molecule has 0 saturated carbocycles. The quantitative estimate of drug-likeness (QED) is 0.495. The molecule has 0 spiro atoms. The molecule has 2 aromatic rings. The molecule has 9 heteroatoms. The van der Waals surface area contributed by atoms with Crippen LogP contribution in [0.1, 0.15) is 24.1 Å². The highest BCUT2D eigenvalue weighted by Crippen LogP contribution is 2.19. The number of carboxylic acid groups (broad SMARTS) is 1. The largest absolute Gasteiger partial charge is 0.480 e. The van der Waals surface area contributed by atoms with Gasteiger partial charge in [0.1, 0.15) is 12.1 Å². The molecule has 0 radical (unpaired) electrons. The van der Waals surface area contributed by atoms with Crippen LogP contribution in [-0.2, 0) is 27.2 Å². The number of hydrogen-bond acceptors (Lipinski definition) is 5. The van der Waals surface area contributed by atoms with E-state index in [0.717, 1.165) is 11.3 Å². The van der Waals surface area contributed by atoms with E-state index in [-0.39, 0.29) is 18.7 Å². The van der Waals surface area contributed by atoms with Crippen LogP contribution in [0, 0.1) is 0 Å². The Morgan fingerprint density at radius 3 is 2.69 bits per heavy atom. The van der Waals surface area contributed by atoms with E-state index in [2.05, 4.69) is 15.3 Å². The van der Waals surface area contributed by atoms with Crippen LogP contribution in [0.3, 0.4) is 0 Å².